The molecular formula is C10H13N5. The van der Waals surface area contributed by atoms with Crippen LogP contribution in [0.3, 0.4) is 0 Å². The van der Waals surface area contributed by atoms with Crippen LogP contribution >= 0.6 is 0 Å². The van der Waals surface area contributed by atoms with Crippen molar-refractivity contribution in [2.24, 2.45) is 5.73 Å². The van der Waals surface area contributed by atoms with Crippen molar-refractivity contribution in [3.8, 4) is 0 Å². The van der Waals surface area contributed by atoms with Crippen molar-refractivity contribution in [3.05, 3.63) is 30.5 Å². The fourth-order valence-corrected chi connectivity index (χ4v) is 1.39. The van der Waals surface area contributed by atoms with Crippen LogP contribution in [0.15, 0.2) is 30.5 Å². The Labute approximate surface area is 87.1 Å². The molecule has 0 aliphatic rings. The Balaban J connectivity index is 2.31. The minimum Gasteiger partial charge on any atom is -0.405 e. The molecule has 0 spiro atoms. The Morgan fingerprint density at radius 1 is 1.47 bits per heavy atom. The number of aromatic amines is 1. The molecular weight excluding hydrogens is 190 g/mol. The highest BCUT2D eigenvalue weighted by Gasteiger charge is 2.03. The fourth-order valence-electron chi connectivity index (χ4n) is 1.39. The highest BCUT2D eigenvalue weighted by Crippen LogP contribution is 2.22. The van der Waals surface area contributed by atoms with Crippen LogP contribution < -0.4 is 16.8 Å². The van der Waals surface area contributed by atoms with E-state index >= 15 is 0 Å². The minimum atomic E-state index is 0.644. The van der Waals surface area contributed by atoms with Gasteiger partial charge in [-0.2, -0.15) is 5.10 Å². The number of nitrogens with zero attached hydrogens (tertiary/aromatic N) is 1. The summed E-state index contributed by atoms with van der Waals surface area (Å²) in [6.07, 6.45) is 3.31. The number of nitrogens with two attached hydrogens (primary N) is 2. The first-order valence-electron chi connectivity index (χ1n) is 4.65. The molecule has 0 bridgehead atoms. The zero-order chi connectivity index (χ0) is 10.7. The van der Waals surface area contributed by atoms with E-state index in [4.69, 9.17) is 11.5 Å². The Kier molecular flexibility index (Phi) is 2.45. The number of nitrogens with one attached hydrogen (secondary N) is 2. The first-order chi connectivity index (χ1) is 7.31. The monoisotopic (exact) mass is 203 g/mol. The first-order valence-corrected chi connectivity index (χ1v) is 4.65. The zero-order valence-corrected chi connectivity index (χ0v) is 8.20. The van der Waals surface area contributed by atoms with Gasteiger partial charge in [-0.15, -0.1) is 0 Å². The summed E-state index contributed by atoms with van der Waals surface area (Å²) in [5.74, 6) is 0.787. The van der Waals surface area contributed by atoms with E-state index in [1.807, 2.05) is 24.3 Å². The van der Waals surface area contributed by atoms with Gasteiger partial charge in [-0.05, 0) is 30.5 Å². The third-order valence-electron chi connectivity index (χ3n) is 2.11. The summed E-state index contributed by atoms with van der Waals surface area (Å²) in [7, 11) is 0. The number of rotatable bonds is 3. The van der Waals surface area contributed by atoms with Crippen LogP contribution in [-0.4, -0.2) is 16.7 Å². The molecule has 2 aromatic rings. The second-order valence-electron chi connectivity index (χ2n) is 3.19. The van der Waals surface area contributed by atoms with Crippen molar-refractivity contribution in [3.63, 3.8) is 0 Å². The second kappa shape index (κ2) is 3.91. The summed E-state index contributed by atoms with van der Waals surface area (Å²) in [6, 6.07) is 5.62. The predicted octanol–water partition coefficient (Wildman–Crippen LogP) is 1.03. The first kappa shape index (κ1) is 9.39. The Hall–Kier alpha value is -2.17. The van der Waals surface area contributed by atoms with Crippen LogP contribution in [0, 0.1) is 0 Å². The third kappa shape index (κ3) is 1.85. The molecule has 0 fully saturated rings. The summed E-state index contributed by atoms with van der Waals surface area (Å²) in [4.78, 5) is 0. The van der Waals surface area contributed by atoms with Crippen LogP contribution in [0.25, 0.3) is 10.9 Å². The molecule has 6 N–H and O–H groups in total. The maximum Gasteiger partial charge on any atom is 0.156 e. The Bertz CT molecular complexity index is 486. The molecule has 78 valence electrons. The maximum atomic E-state index is 5.70. The zero-order valence-electron chi connectivity index (χ0n) is 8.20. The molecule has 5 heteroatoms. The molecule has 0 saturated carbocycles. The molecule has 2 rings (SSSR count). The SMILES string of the molecule is NC=CCNc1n[nH]c2ccc(N)cc12. The molecule has 1 heterocycles. The van der Waals surface area contributed by atoms with Gasteiger partial charge in [0.05, 0.1) is 5.52 Å². The van der Waals surface area contributed by atoms with Crippen molar-refractivity contribution in [1.29, 1.82) is 0 Å². The maximum absolute atomic E-state index is 5.70. The van der Waals surface area contributed by atoms with Gasteiger partial charge in [-0.1, -0.05) is 0 Å². The molecule has 0 saturated heterocycles. The highest BCUT2D eigenvalue weighted by molar-refractivity contribution is 5.91. The van der Waals surface area contributed by atoms with Gasteiger partial charge in [0.25, 0.3) is 0 Å². The molecule has 0 aliphatic heterocycles. The van der Waals surface area contributed by atoms with Gasteiger partial charge >= 0.3 is 0 Å². The summed E-state index contributed by atoms with van der Waals surface area (Å²) >= 11 is 0. The lowest BCUT2D eigenvalue weighted by Crippen LogP contribution is -1.99. The molecule has 0 amide bonds. The number of fused-ring (bicyclic) bond motifs is 1. The third-order valence-corrected chi connectivity index (χ3v) is 2.11. The summed E-state index contributed by atoms with van der Waals surface area (Å²) < 4.78 is 0. The van der Waals surface area contributed by atoms with Crippen molar-refractivity contribution in [1.82, 2.24) is 10.2 Å². The summed E-state index contributed by atoms with van der Waals surface area (Å²) in [5, 5.41) is 11.2. The van der Waals surface area contributed by atoms with E-state index in [0.29, 0.717) is 6.54 Å². The van der Waals surface area contributed by atoms with Gasteiger partial charge in [0.2, 0.25) is 0 Å². The molecule has 15 heavy (non-hydrogen) atoms. The molecule has 0 aliphatic carbocycles. The van der Waals surface area contributed by atoms with Crippen LogP contribution in [-0.2, 0) is 0 Å². The van der Waals surface area contributed by atoms with Gasteiger partial charge in [0.15, 0.2) is 5.82 Å². The topological polar surface area (TPSA) is 92.7 Å². The second-order valence-corrected chi connectivity index (χ2v) is 3.19. The quantitative estimate of drug-likeness (QED) is 0.560. The molecule has 5 nitrogen and oxygen atoms in total. The Morgan fingerprint density at radius 3 is 3.13 bits per heavy atom. The van der Waals surface area contributed by atoms with Gasteiger partial charge < -0.3 is 16.8 Å². The molecule has 0 radical (unpaired) electrons. The largest absolute Gasteiger partial charge is 0.405 e. The van der Waals surface area contributed by atoms with Crippen LogP contribution in [0.1, 0.15) is 0 Å². The van der Waals surface area contributed by atoms with Gasteiger partial charge in [0.1, 0.15) is 0 Å². The van der Waals surface area contributed by atoms with E-state index in [1.54, 1.807) is 0 Å². The van der Waals surface area contributed by atoms with E-state index in [9.17, 15) is 0 Å². The van der Waals surface area contributed by atoms with Crippen LogP contribution in [0.4, 0.5) is 11.5 Å². The van der Waals surface area contributed by atoms with Crippen molar-refractivity contribution < 1.29 is 0 Å². The van der Waals surface area contributed by atoms with Crippen molar-refractivity contribution >= 4 is 22.4 Å². The number of benzene rings is 1. The predicted molar refractivity (Wildman–Crippen MR) is 62.3 cm³/mol. The summed E-state index contributed by atoms with van der Waals surface area (Å²) in [5.41, 5.74) is 12.6. The standard InChI is InChI=1S/C10H13N5/c11-4-1-5-13-10-8-6-7(12)2-3-9(8)14-15-10/h1-4,6H,5,11-12H2,(H2,13,14,15). The molecule has 0 atom stereocenters. The number of nitrogen functional groups attached to an aromatic ring is 1. The average molecular weight is 203 g/mol. The highest BCUT2D eigenvalue weighted by atomic mass is 15.2. The van der Waals surface area contributed by atoms with E-state index < -0.39 is 0 Å². The minimum absolute atomic E-state index is 0.644. The fraction of sp³-hybridized carbons (Fsp3) is 0.100. The molecule has 1 aromatic heterocycles. The lowest BCUT2D eigenvalue weighted by Gasteiger charge is -1.99. The van der Waals surface area contributed by atoms with Crippen molar-refractivity contribution in [2.75, 3.05) is 17.6 Å². The van der Waals surface area contributed by atoms with E-state index in [0.717, 1.165) is 22.4 Å². The number of hydrogen-bond acceptors (Lipinski definition) is 4. The average Bonchev–Trinajstić information content (AvgIpc) is 2.62. The van der Waals surface area contributed by atoms with Gasteiger partial charge in [-0.25, -0.2) is 0 Å². The van der Waals surface area contributed by atoms with Crippen molar-refractivity contribution in [2.45, 2.75) is 0 Å². The van der Waals surface area contributed by atoms with E-state index in [-0.39, 0.29) is 0 Å². The number of H-pyrrole nitrogens is 1. The molecule has 1 aromatic carbocycles. The molecule has 0 unspecified atom stereocenters. The van der Waals surface area contributed by atoms with Crippen LogP contribution in [0.5, 0.6) is 0 Å². The van der Waals surface area contributed by atoms with Gasteiger partial charge in [-0.3, -0.25) is 5.10 Å². The number of anilines is 2. The number of aromatic nitrogens is 2. The van der Waals surface area contributed by atoms with Gasteiger partial charge in [0, 0.05) is 17.6 Å². The lowest BCUT2D eigenvalue weighted by molar-refractivity contribution is 1.10. The normalized spacial score (nSPS) is 11.2. The van der Waals surface area contributed by atoms with E-state index in [2.05, 4.69) is 15.5 Å². The lowest BCUT2D eigenvalue weighted by atomic mass is 10.2. The van der Waals surface area contributed by atoms with E-state index in [1.165, 1.54) is 6.20 Å². The Morgan fingerprint density at radius 2 is 2.33 bits per heavy atom. The number of hydrogen-bond donors (Lipinski definition) is 4. The smallest absolute Gasteiger partial charge is 0.156 e. The summed E-state index contributed by atoms with van der Waals surface area (Å²) in [6.45, 7) is 0.644. The van der Waals surface area contributed by atoms with Crippen LogP contribution in [0.2, 0.25) is 0 Å².